The molecular formula is C13H14Cl2N2O4. The second kappa shape index (κ2) is 5.28. The van der Waals surface area contributed by atoms with Crippen LogP contribution in [0.15, 0.2) is 6.07 Å². The van der Waals surface area contributed by atoms with Gasteiger partial charge in [-0.1, -0.05) is 23.2 Å². The number of carbonyl (C=O) groups excluding carboxylic acids is 1. The van der Waals surface area contributed by atoms with Gasteiger partial charge in [-0.2, -0.15) is 0 Å². The molecule has 3 rings (SSSR count). The molecule has 0 spiro atoms. The first kappa shape index (κ1) is 14.8. The Morgan fingerprint density at radius 1 is 1.48 bits per heavy atom. The Bertz CT molecular complexity index is 598. The van der Waals surface area contributed by atoms with Gasteiger partial charge in [-0.3, -0.25) is 0 Å². The monoisotopic (exact) mass is 332 g/mol. The van der Waals surface area contributed by atoms with Crippen molar-refractivity contribution in [3.63, 3.8) is 0 Å². The van der Waals surface area contributed by atoms with Crippen LogP contribution < -0.4 is 0 Å². The van der Waals surface area contributed by atoms with Crippen LogP contribution in [-0.4, -0.2) is 45.9 Å². The van der Waals surface area contributed by atoms with Gasteiger partial charge in [-0.05, 0) is 18.1 Å². The van der Waals surface area contributed by atoms with Crippen molar-refractivity contribution in [1.29, 1.82) is 0 Å². The molecule has 1 aliphatic carbocycles. The van der Waals surface area contributed by atoms with E-state index in [-0.39, 0.29) is 16.2 Å². The lowest BCUT2D eigenvalue weighted by Crippen LogP contribution is -2.41. The Labute approximate surface area is 131 Å². The van der Waals surface area contributed by atoms with Crippen molar-refractivity contribution in [3.8, 4) is 0 Å². The van der Waals surface area contributed by atoms with Gasteiger partial charge in [0, 0.05) is 18.0 Å². The molecule has 2 heterocycles. The summed E-state index contributed by atoms with van der Waals surface area (Å²) in [6.07, 6.45) is -2.04. The summed E-state index contributed by atoms with van der Waals surface area (Å²) in [5.41, 5.74) is 0.941. The van der Waals surface area contributed by atoms with Gasteiger partial charge in [-0.25, -0.2) is 9.78 Å². The molecule has 6 nitrogen and oxygen atoms in total. The first-order valence-electron chi connectivity index (χ1n) is 6.52. The van der Waals surface area contributed by atoms with E-state index in [1.165, 1.54) is 18.1 Å². The molecule has 0 radical (unpaired) electrons. The van der Waals surface area contributed by atoms with Crippen LogP contribution >= 0.6 is 23.2 Å². The molecule has 1 aliphatic heterocycles. The van der Waals surface area contributed by atoms with E-state index >= 15 is 0 Å². The van der Waals surface area contributed by atoms with Gasteiger partial charge < -0.3 is 19.8 Å². The zero-order valence-corrected chi connectivity index (χ0v) is 12.7. The molecule has 0 aromatic carbocycles. The summed E-state index contributed by atoms with van der Waals surface area (Å²) in [5, 5.41) is 20.9. The number of fused-ring (bicyclic) bond motifs is 3. The van der Waals surface area contributed by atoms with Gasteiger partial charge in [0.25, 0.3) is 0 Å². The maximum Gasteiger partial charge on any atom is 0.410 e. The molecule has 1 saturated heterocycles. The van der Waals surface area contributed by atoms with Crippen LogP contribution in [0.5, 0.6) is 0 Å². The highest BCUT2D eigenvalue weighted by atomic mass is 35.5. The van der Waals surface area contributed by atoms with Crippen molar-refractivity contribution >= 4 is 29.3 Å². The quantitative estimate of drug-likeness (QED) is 0.709. The van der Waals surface area contributed by atoms with Gasteiger partial charge in [0.2, 0.25) is 0 Å². The number of pyridine rings is 1. The smallest absolute Gasteiger partial charge is 0.410 e. The molecule has 1 amide bonds. The summed E-state index contributed by atoms with van der Waals surface area (Å²) in [6, 6.07) is 1.00. The summed E-state index contributed by atoms with van der Waals surface area (Å²) >= 11 is 12.0. The normalized spacial score (nSPS) is 30.8. The van der Waals surface area contributed by atoms with Crippen LogP contribution in [-0.2, 0) is 4.74 Å². The zero-order chi connectivity index (χ0) is 15.3. The van der Waals surface area contributed by atoms with Gasteiger partial charge in [-0.15, -0.1) is 0 Å². The number of rotatable bonds is 0. The van der Waals surface area contributed by atoms with Crippen molar-refractivity contribution in [3.05, 3.63) is 27.5 Å². The van der Waals surface area contributed by atoms with Gasteiger partial charge in [0.1, 0.15) is 16.4 Å². The average molecular weight is 333 g/mol. The number of hydrogen-bond donors (Lipinski definition) is 2. The number of likely N-dealkylation sites (tertiary alicyclic amines) is 1. The minimum Gasteiger partial charge on any atom is -0.453 e. The molecule has 0 unspecified atom stereocenters. The van der Waals surface area contributed by atoms with E-state index in [9.17, 15) is 15.0 Å². The third-order valence-corrected chi connectivity index (χ3v) is 4.72. The second-order valence-corrected chi connectivity index (χ2v) is 5.98. The summed E-state index contributed by atoms with van der Waals surface area (Å²) in [7, 11) is 1.30. The Morgan fingerprint density at radius 3 is 2.86 bits per heavy atom. The number of nitrogens with zero attached hydrogens (tertiary/aromatic N) is 2. The van der Waals surface area contributed by atoms with Crippen LogP contribution in [0, 0.1) is 5.92 Å². The predicted octanol–water partition coefficient (Wildman–Crippen LogP) is 1.93. The Balaban J connectivity index is 2.16. The number of aromatic nitrogens is 1. The number of hydrogen-bond acceptors (Lipinski definition) is 5. The third kappa shape index (κ3) is 2.17. The highest BCUT2D eigenvalue weighted by molar-refractivity contribution is 6.33. The molecule has 0 saturated carbocycles. The summed E-state index contributed by atoms with van der Waals surface area (Å²) in [6.45, 7) is 0.421. The largest absolute Gasteiger partial charge is 0.453 e. The van der Waals surface area contributed by atoms with E-state index in [4.69, 9.17) is 27.9 Å². The lowest BCUT2D eigenvalue weighted by molar-refractivity contribution is -0.0400. The minimum atomic E-state index is -1.10. The fraction of sp³-hybridized carbons (Fsp3) is 0.538. The molecule has 2 N–H and O–H groups in total. The van der Waals surface area contributed by atoms with Crippen molar-refractivity contribution in [2.75, 3.05) is 13.7 Å². The lowest BCUT2D eigenvalue weighted by atomic mass is 9.77. The van der Waals surface area contributed by atoms with E-state index in [0.717, 1.165) is 0 Å². The summed E-state index contributed by atoms with van der Waals surface area (Å²) < 4.78 is 4.78. The van der Waals surface area contributed by atoms with Crippen LogP contribution in [0.1, 0.15) is 29.7 Å². The third-order valence-electron chi connectivity index (χ3n) is 4.24. The predicted molar refractivity (Wildman–Crippen MR) is 75.2 cm³/mol. The highest BCUT2D eigenvalue weighted by Gasteiger charge is 2.50. The second-order valence-electron chi connectivity index (χ2n) is 5.23. The van der Waals surface area contributed by atoms with Gasteiger partial charge >= 0.3 is 6.09 Å². The van der Waals surface area contributed by atoms with Crippen LogP contribution in [0.2, 0.25) is 10.3 Å². The topological polar surface area (TPSA) is 82.9 Å². The molecule has 2 aliphatic rings. The molecule has 1 aromatic heterocycles. The van der Waals surface area contributed by atoms with Crippen molar-refractivity contribution in [1.82, 2.24) is 9.88 Å². The highest BCUT2D eigenvalue weighted by Crippen LogP contribution is 2.50. The Kier molecular flexibility index (Phi) is 3.73. The number of amides is 1. The maximum atomic E-state index is 11.9. The number of ether oxygens (including phenoxy) is 1. The van der Waals surface area contributed by atoms with E-state index in [0.29, 0.717) is 24.1 Å². The molecule has 1 fully saturated rings. The summed E-state index contributed by atoms with van der Waals surface area (Å²) in [5.74, 6) is -0.313. The van der Waals surface area contributed by atoms with Gasteiger partial charge in [0.15, 0.2) is 0 Å². The number of methoxy groups -OCH3 is 1. The molecule has 0 bridgehead atoms. The first-order chi connectivity index (χ1) is 9.95. The van der Waals surface area contributed by atoms with E-state index in [1.54, 1.807) is 0 Å². The fourth-order valence-electron chi connectivity index (χ4n) is 3.33. The van der Waals surface area contributed by atoms with Crippen LogP contribution in [0.4, 0.5) is 4.79 Å². The van der Waals surface area contributed by atoms with Gasteiger partial charge in [0.05, 0.1) is 19.3 Å². The maximum absolute atomic E-state index is 11.9. The average Bonchev–Trinajstić information content (AvgIpc) is 2.88. The number of carbonyl (C=O) groups is 1. The standard InChI is InChI=1S/C13H14Cl2N2O4/c1-21-13(20)17-3-2-5-9(17)8-6(11(19)10(5)18)4-7(14)16-12(8)15/h4-5,9-11,18-19H,2-3H2,1H3/t5-,9+,10+,11-/m0/s1. The Morgan fingerprint density at radius 2 is 2.19 bits per heavy atom. The van der Waals surface area contributed by atoms with Crippen molar-refractivity contribution in [2.24, 2.45) is 5.92 Å². The SMILES string of the molecule is COC(=O)N1CC[C@@H]2[C@@H](O)[C@@H](O)c3cc(Cl)nc(Cl)c3[C@@H]21. The number of aliphatic hydroxyl groups excluding tert-OH is 2. The molecular weight excluding hydrogens is 319 g/mol. The molecule has 4 atom stereocenters. The van der Waals surface area contributed by atoms with Crippen LogP contribution in [0.25, 0.3) is 0 Å². The van der Waals surface area contributed by atoms with E-state index < -0.39 is 24.3 Å². The molecule has 21 heavy (non-hydrogen) atoms. The van der Waals surface area contributed by atoms with E-state index in [2.05, 4.69) is 4.98 Å². The van der Waals surface area contributed by atoms with Crippen molar-refractivity contribution < 1.29 is 19.7 Å². The molecule has 114 valence electrons. The van der Waals surface area contributed by atoms with E-state index in [1.807, 2.05) is 0 Å². The Hall–Kier alpha value is -1.08. The minimum absolute atomic E-state index is 0.131. The zero-order valence-electron chi connectivity index (χ0n) is 11.2. The molecule has 8 heteroatoms. The number of aliphatic hydroxyl groups is 2. The van der Waals surface area contributed by atoms with Crippen molar-refractivity contribution in [2.45, 2.75) is 24.7 Å². The lowest BCUT2D eigenvalue weighted by Gasteiger charge is -2.38. The fourth-order valence-corrected chi connectivity index (χ4v) is 3.89. The van der Waals surface area contributed by atoms with Crippen LogP contribution in [0.3, 0.4) is 0 Å². The first-order valence-corrected chi connectivity index (χ1v) is 7.27. The molecule has 1 aromatic rings. The summed E-state index contributed by atoms with van der Waals surface area (Å²) in [4.78, 5) is 17.4. The number of halogens is 2.